The molecule has 0 aromatic heterocycles. The van der Waals surface area contributed by atoms with E-state index in [-0.39, 0.29) is 24.2 Å². The van der Waals surface area contributed by atoms with Gasteiger partial charge in [0.05, 0.1) is 12.7 Å². The maximum atomic E-state index is 13.0. The molecule has 0 spiro atoms. The van der Waals surface area contributed by atoms with E-state index in [0.717, 1.165) is 0 Å². The van der Waals surface area contributed by atoms with Gasteiger partial charge in [-0.15, -0.1) is 0 Å². The number of benzene rings is 1. The Labute approximate surface area is 124 Å². The van der Waals surface area contributed by atoms with Gasteiger partial charge < -0.3 is 5.32 Å². The minimum absolute atomic E-state index is 0.0240. The van der Waals surface area contributed by atoms with E-state index in [1.54, 1.807) is 12.1 Å². The van der Waals surface area contributed by atoms with Crippen molar-refractivity contribution in [3.8, 4) is 0 Å². The van der Waals surface area contributed by atoms with E-state index in [0.29, 0.717) is 31.5 Å². The first-order valence-electron chi connectivity index (χ1n) is 6.83. The summed E-state index contributed by atoms with van der Waals surface area (Å²) >= 11 is 0. The second kappa shape index (κ2) is 6.53. The number of sulfonamides is 1. The smallest absolute Gasteiger partial charge is 0.224 e. The van der Waals surface area contributed by atoms with Crippen molar-refractivity contribution >= 4 is 15.9 Å². The molecule has 0 unspecified atom stereocenters. The van der Waals surface area contributed by atoms with Crippen molar-refractivity contribution in [2.75, 3.05) is 19.3 Å². The van der Waals surface area contributed by atoms with Gasteiger partial charge in [-0.3, -0.25) is 4.79 Å². The molecule has 1 aromatic rings. The maximum absolute atomic E-state index is 13.0. The number of amides is 1. The van der Waals surface area contributed by atoms with Gasteiger partial charge in [0.2, 0.25) is 15.9 Å². The second-order valence-electron chi connectivity index (χ2n) is 5.31. The van der Waals surface area contributed by atoms with Crippen LogP contribution in [0.2, 0.25) is 0 Å². The molecular formula is C14H19FN2O3S. The molecule has 2 rings (SSSR count). The lowest BCUT2D eigenvalue weighted by Gasteiger charge is -2.30. The zero-order valence-electron chi connectivity index (χ0n) is 11.9. The number of hydrogen-bond acceptors (Lipinski definition) is 3. The SMILES string of the molecule is CS(=O)(=O)N1CCC(NC(=O)Cc2cccc(F)c2)CC1. The molecule has 5 nitrogen and oxygen atoms in total. The number of rotatable bonds is 4. The van der Waals surface area contributed by atoms with Gasteiger partial charge in [0.1, 0.15) is 5.82 Å². The van der Waals surface area contributed by atoms with Crippen molar-refractivity contribution in [3.63, 3.8) is 0 Å². The molecule has 1 amide bonds. The van der Waals surface area contributed by atoms with Crippen molar-refractivity contribution in [1.29, 1.82) is 0 Å². The zero-order valence-corrected chi connectivity index (χ0v) is 12.7. The predicted octanol–water partition coefficient (Wildman–Crippen LogP) is 0.908. The summed E-state index contributed by atoms with van der Waals surface area (Å²) in [4.78, 5) is 11.9. The van der Waals surface area contributed by atoms with Crippen LogP contribution in [0.3, 0.4) is 0 Å². The van der Waals surface area contributed by atoms with Gasteiger partial charge in [-0.05, 0) is 30.5 Å². The van der Waals surface area contributed by atoms with E-state index >= 15 is 0 Å². The van der Waals surface area contributed by atoms with Crippen LogP contribution in [0.5, 0.6) is 0 Å². The van der Waals surface area contributed by atoms with Crippen LogP contribution in [0.25, 0.3) is 0 Å². The first-order chi connectivity index (χ1) is 9.84. The molecule has 7 heteroatoms. The molecule has 116 valence electrons. The second-order valence-corrected chi connectivity index (χ2v) is 7.29. The molecule has 0 atom stereocenters. The first-order valence-corrected chi connectivity index (χ1v) is 8.68. The number of carbonyl (C=O) groups is 1. The van der Waals surface area contributed by atoms with Crippen LogP contribution in [0.1, 0.15) is 18.4 Å². The number of hydrogen-bond donors (Lipinski definition) is 1. The predicted molar refractivity (Wildman–Crippen MR) is 77.7 cm³/mol. The van der Waals surface area contributed by atoms with Gasteiger partial charge in [-0.1, -0.05) is 12.1 Å². The summed E-state index contributed by atoms with van der Waals surface area (Å²) in [6, 6.07) is 5.93. The Bertz CT molecular complexity index is 610. The highest BCUT2D eigenvalue weighted by molar-refractivity contribution is 7.88. The lowest BCUT2D eigenvalue weighted by Crippen LogP contribution is -2.46. The monoisotopic (exact) mass is 314 g/mol. The van der Waals surface area contributed by atoms with Crippen LogP contribution >= 0.6 is 0 Å². The Balaban J connectivity index is 1.82. The topological polar surface area (TPSA) is 66.5 Å². The van der Waals surface area contributed by atoms with Crippen LogP contribution in [0.4, 0.5) is 4.39 Å². The molecular weight excluding hydrogens is 295 g/mol. The number of piperidine rings is 1. The van der Waals surface area contributed by atoms with E-state index in [2.05, 4.69) is 5.32 Å². The number of nitrogens with one attached hydrogen (secondary N) is 1. The average Bonchev–Trinajstić information content (AvgIpc) is 2.38. The maximum Gasteiger partial charge on any atom is 0.224 e. The molecule has 1 aliphatic heterocycles. The Morgan fingerprint density at radius 2 is 2.05 bits per heavy atom. The zero-order chi connectivity index (χ0) is 15.5. The number of carbonyl (C=O) groups excluding carboxylic acids is 1. The molecule has 0 bridgehead atoms. The minimum atomic E-state index is -3.15. The summed E-state index contributed by atoms with van der Waals surface area (Å²) in [6.07, 6.45) is 2.52. The summed E-state index contributed by atoms with van der Waals surface area (Å²) in [5.74, 6) is -0.528. The number of halogens is 1. The van der Waals surface area contributed by atoms with Crippen LogP contribution in [-0.2, 0) is 21.2 Å². The molecule has 0 radical (unpaired) electrons. The van der Waals surface area contributed by atoms with Gasteiger partial charge in [-0.25, -0.2) is 17.1 Å². The summed E-state index contributed by atoms with van der Waals surface area (Å²) < 4.78 is 37.2. The van der Waals surface area contributed by atoms with Crippen LogP contribution < -0.4 is 5.32 Å². The van der Waals surface area contributed by atoms with E-state index in [1.165, 1.54) is 22.7 Å². The first kappa shape index (κ1) is 15.9. The Kier molecular flexibility index (Phi) is 4.95. The fourth-order valence-corrected chi connectivity index (χ4v) is 3.32. The van der Waals surface area contributed by atoms with Crippen LogP contribution in [0, 0.1) is 5.82 Å². The highest BCUT2D eigenvalue weighted by Crippen LogP contribution is 2.13. The van der Waals surface area contributed by atoms with E-state index < -0.39 is 10.0 Å². The lowest BCUT2D eigenvalue weighted by atomic mass is 10.1. The van der Waals surface area contributed by atoms with Crippen molar-refractivity contribution < 1.29 is 17.6 Å². The Morgan fingerprint density at radius 1 is 1.38 bits per heavy atom. The fraction of sp³-hybridized carbons (Fsp3) is 0.500. The largest absolute Gasteiger partial charge is 0.353 e. The highest BCUT2D eigenvalue weighted by atomic mass is 32.2. The quantitative estimate of drug-likeness (QED) is 0.898. The van der Waals surface area contributed by atoms with E-state index in [4.69, 9.17) is 0 Å². The lowest BCUT2D eigenvalue weighted by molar-refractivity contribution is -0.121. The normalized spacial score (nSPS) is 17.6. The van der Waals surface area contributed by atoms with Crippen molar-refractivity contribution in [2.45, 2.75) is 25.3 Å². The molecule has 1 N–H and O–H groups in total. The Hall–Kier alpha value is -1.47. The third kappa shape index (κ3) is 4.78. The average molecular weight is 314 g/mol. The third-order valence-corrected chi connectivity index (χ3v) is 4.84. The number of nitrogens with zero attached hydrogens (tertiary/aromatic N) is 1. The summed E-state index contributed by atoms with van der Waals surface area (Å²) in [6.45, 7) is 0.841. The summed E-state index contributed by atoms with van der Waals surface area (Å²) in [5.41, 5.74) is 0.626. The molecule has 1 heterocycles. The van der Waals surface area contributed by atoms with Gasteiger partial charge >= 0.3 is 0 Å². The van der Waals surface area contributed by atoms with Crippen molar-refractivity contribution in [3.05, 3.63) is 35.6 Å². The Morgan fingerprint density at radius 3 is 2.62 bits per heavy atom. The fourth-order valence-electron chi connectivity index (χ4n) is 2.44. The van der Waals surface area contributed by atoms with Gasteiger partial charge in [0, 0.05) is 19.1 Å². The summed E-state index contributed by atoms with van der Waals surface area (Å²) in [5, 5.41) is 2.88. The molecule has 21 heavy (non-hydrogen) atoms. The van der Waals surface area contributed by atoms with E-state index in [9.17, 15) is 17.6 Å². The molecule has 1 aliphatic rings. The molecule has 0 saturated carbocycles. The van der Waals surface area contributed by atoms with Gasteiger partial charge in [0.15, 0.2) is 0 Å². The van der Waals surface area contributed by atoms with Gasteiger partial charge in [0.25, 0.3) is 0 Å². The molecule has 1 fully saturated rings. The van der Waals surface area contributed by atoms with Crippen LogP contribution in [0.15, 0.2) is 24.3 Å². The van der Waals surface area contributed by atoms with Crippen LogP contribution in [-0.4, -0.2) is 44.0 Å². The van der Waals surface area contributed by atoms with Crippen molar-refractivity contribution in [2.24, 2.45) is 0 Å². The summed E-state index contributed by atoms with van der Waals surface area (Å²) in [7, 11) is -3.15. The molecule has 1 aromatic carbocycles. The third-order valence-electron chi connectivity index (χ3n) is 3.54. The standard InChI is InChI=1S/C14H19FN2O3S/c1-21(19,20)17-7-5-13(6-8-17)16-14(18)10-11-3-2-4-12(15)9-11/h2-4,9,13H,5-8,10H2,1H3,(H,16,18). The molecule has 1 saturated heterocycles. The van der Waals surface area contributed by atoms with Crippen molar-refractivity contribution in [1.82, 2.24) is 9.62 Å². The minimum Gasteiger partial charge on any atom is -0.353 e. The molecule has 0 aliphatic carbocycles. The van der Waals surface area contributed by atoms with E-state index in [1.807, 2.05) is 0 Å². The highest BCUT2D eigenvalue weighted by Gasteiger charge is 2.25. The van der Waals surface area contributed by atoms with Gasteiger partial charge in [-0.2, -0.15) is 0 Å².